The summed E-state index contributed by atoms with van der Waals surface area (Å²) in [7, 11) is 0. The van der Waals surface area contributed by atoms with Gasteiger partial charge in [-0.25, -0.2) is 4.79 Å². The summed E-state index contributed by atoms with van der Waals surface area (Å²) in [5, 5.41) is 31.3. The second-order valence-corrected chi connectivity index (χ2v) is 19.6. The molecule has 6 atom stereocenters. The fourth-order valence-electron chi connectivity index (χ4n) is 8.38. The number of hydrogen-bond donors (Lipinski definition) is 3. The smallest absolute Gasteiger partial charge is 0.335 e. The van der Waals surface area contributed by atoms with E-state index in [9.17, 15) is 34.5 Å². The monoisotopic (exact) mass is 1030 g/mol. The lowest BCUT2D eigenvalue weighted by molar-refractivity contribution is -0.301. The SMILES string of the molecule is CC/C=C\C/C=C\C/C=C\C/C=C\C/C=C\CC(=O)OC(COC(=O)CCCCCCCCCCC/C=C\CCCCCCCC)COC1OC(C(=O)O)C(O)C(O)C1OC(=O)CCCCCCCCCCC. The van der Waals surface area contributed by atoms with Gasteiger partial charge in [-0.1, -0.05) is 222 Å². The van der Waals surface area contributed by atoms with Gasteiger partial charge < -0.3 is 39.0 Å². The first-order valence-electron chi connectivity index (χ1n) is 28.9. The molecule has 1 aliphatic heterocycles. The molecule has 1 rings (SSSR count). The number of allylic oxidation sites excluding steroid dienone is 11. The first kappa shape index (κ1) is 67.2. The van der Waals surface area contributed by atoms with Crippen molar-refractivity contribution in [3.8, 4) is 0 Å². The zero-order chi connectivity index (χ0) is 53.3. The number of hydrogen-bond acceptors (Lipinski definition) is 11. The summed E-state index contributed by atoms with van der Waals surface area (Å²) in [6.07, 6.45) is 49.3. The second kappa shape index (κ2) is 49.1. The van der Waals surface area contributed by atoms with Gasteiger partial charge in [-0.2, -0.15) is 0 Å². The number of carbonyl (C=O) groups excluding carboxylic acids is 3. The Morgan fingerprint density at radius 1 is 0.479 bits per heavy atom. The summed E-state index contributed by atoms with van der Waals surface area (Å²) in [4.78, 5) is 50.9. The van der Waals surface area contributed by atoms with Crippen LogP contribution in [0.3, 0.4) is 0 Å². The fraction of sp³-hybridized carbons (Fsp3) is 0.738. The quantitative estimate of drug-likeness (QED) is 0.0228. The number of ether oxygens (including phenoxy) is 5. The molecule has 0 amide bonds. The number of rotatable bonds is 48. The first-order valence-corrected chi connectivity index (χ1v) is 28.9. The Kier molecular flexibility index (Phi) is 45.1. The van der Waals surface area contributed by atoms with E-state index in [1.165, 1.54) is 109 Å². The van der Waals surface area contributed by atoms with Gasteiger partial charge >= 0.3 is 23.9 Å². The minimum absolute atomic E-state index is 0.0495. The minimum atomic E-state index is -1.91. The summed E-state index contributed by atoms with van der Waals surface area (Å²) in [5.74, 6) is -3.29. The van der Waals surface area contributed by atoms with E-state index in [1.54, 1.807) is 6.08 Å². The third-order valence-electron chi connectivity index (χ3n) is 12.8. The minimum Gasteiger partial charge on any atom is -0.479 e. The summed E-state index contributed by atoms with van der Waals surface area (Å²) in [5.41, 5.74) is 0. The van der Waals surface area contributed by atoms with Crippen LogP contribution in [0.1, 0.15) is 239 Å². The van der Waals surface area contributed by atoms with Crippen LogP contribution < -0.4 is 0 Å². The summed E-state index contributed by atoms with van der Waals surface area (Å²) >= 11 is 0. The molecule has 1 heterocycles. The third kappa shape index (κ3) is 39.3. The standard InChI is InChI=1S/C61H102O12/c1-4-7-10-13-16-19-21-23-25-26-27-28-30-31-33-36-38-41-44-47-53(62)69-50-52(71-54(63)48-45-42-40-37-34-32-29-24-22-20-17-14-11-8-5-2)51-70-61-59(57(66)56(65)58(73-61)60(67)68)72-55(64)49-46-43-39-35-18-15-12-9-6-3/h8,11,17,20,23-25,29,34,37,42,45,52,56-59,61,65-66H,4-7,9-10,12-16,18-19,21-22,26-28,30-33,35-36,38-41,43-44,46-51H2,1-3H3,(H,67,68)/b11-8-,20-17-,25-23-,29-24-,37-34-,45-42-. The molecule has 1 saturated heterocycles. The third-order valence-corrected chi connectivity index (χ3v) is 12.8. The van der Waals surface area contributed by atoms with Crippen LogP contribution in [-0.2, 0) is 42.9 Å². The largest absolute Gasteiger partial charge is 0.479 e. The van der Waals surface area contributed by atoms with Crippen molar-refractivity contribution in [1.29, 1.82) is 0 Å². The summed E-state index contributed by atoms with van der Waals surface area (Å²) < 4.78 is 28.2. The maximum atomic E-state index is 13.1. The van der Waals surface area contributed by atoms with E-state index in [0.717, 1.165) is 70.6 Å². The van der Waals surface area contributed by atoms with Gasteiger partial charge in [-0.3, -0.25) is 14.4 Å². The number of carbonyl (C=O) groups is 4. The highest BCUT2D eigenvalue weighted by molar-refractivity contribution is 5.74. The van der Waals surface area contributed by atoms with Gasteiger partial charge in [-0.05, 0) is 70.6 Å². The van der Waals surface area contributed by atoms with Crippen molar-refractivity contribution in [2.75, 3.05) is 13.2 Å². The van der Waals surface area contributed by atoms with E-state index in [-0.39, 0.29) is 25.9 Å². The van der Waals surface area contributed by atoms with Gasteiger partial charge in [0, 0.05) is 12.8 Å². The van der Waals surface area contributed by atoms with Crippen LogP contribution in [0.25, 0.3) is 0 Å². The Morgan fingerprint density at radius 3 is 1.37 bits per heavy atom. The molecule has 1 fully saturated rings. The van der Waals surface area contributed by atoms with Crippen molar-refractivity contribution >= 4 is 23.9 Å². The Bertz CT molecular complexity index is 1550. The van der Waals surface area contributed by atoms with Crippen molar-refractivity contribution < 1.29 is 58.2 Å². The lowest BCUT2D eigenvalue weighted by Gasteiger charge is -2.40. The predicted molar refractivity (Wildman–Crippen MR) is 294 cm³/mol. The van der Waals surface area contributed by atoms with E-state index >= 15 is 0 Å². The number of aliphatic hydroxyl groups excluding tert-OH is 2. The molecule has 0 aromatic heterocycles. The van der Waals surface area contributed by atoms with Crippen LogP contribution in [0.4, 0.5) is 0 Å². The number of esters is 3. The lowest BCUT2D eigenvalue weighted by atomic mass is 9.98. The zero-order valence-corrected chi connectivity index (χ0v) is 45.9. The van der Waals surface area contributed by atoms with Crippen molar-refractivity contribution in [2.24, 2.45) is 0 Å². The molecule has 0 radical (unpaired) electrons. The Morgan fingerprint density at radius 2 is 0.904 bits per heavy atom. The maximum Gasteiger partial charge on any atom is 0.335 e. The Balaban J connectivity index is 2.71. The van der Waals surface area contributed by atoms with E-state index in [2.05, 4.69) is 75.5 Å². The highest BCUT2D eigenvalue weighted by Gasteiger charge is 2.50. The molecule has 6 unspecified atom stereocenters. The number of carboxylic acid groups (broad SMARTS) is 1. The number of carboxylic acids is 1. The van der Waals surface area contributed by atoms with Crippen molar-refractivity contribution in [3.05, 3.63) is 72.9 Å². The molecular formula is C61H102O12. The number of unbranched alkanes of at least 4 members (excludes halogenated alkanes) is 23. The van der Waals surface area contributed by atoms with Gasteiger partial charge in [0.15, 0.2) is 24.6 Å². The lowest BCUT2D eigenvalue weighted by Crippen LogP contribution is -2.61. The predicted octanol–water partition coefficient (Wildman–Crippen LogP) is 14.6. The number of aliphatic hydroxyl groups is 2. The van der Waals surface area contributed by atoms with Crippen LogP contribution in [-0.4, -0.2) is 89.2 Å². The van der Waals surface area contributed by atoms with Crippen molar-refractivity contribution in [2.45, 2.75) is 276 Å². The van der Waals surface area contributed by atoms with Crippen molar-refractivity contribution in [3.63, 3.8) is 0 Å². The average molecular weight is 1030 g/mol. The van der Waals surface area contributed by atoms with Crippen LogP contribution in [0, 0.1) is 0 Å². The maximum absolute atomic E-state index is 13.1. The second-order valence-electron chi connectivity index (χ2n) is 19.6. The zero-order valence-electron chi connectivity index (χ0n) is 45.9. The van der Waals surface area contributed by atoms with E-state index in [1.807, 2.05) is 12.2 Å². The molecule has 0 aromatic carbocycles. The summed E-state index contributed by atoms with van der Waals surface area (Å²) in [6.45, 7) is 5.75. The highest BCUT2D eigenvalue weighted by Crippen LogP contribution is 2.26. The summed E-state index contributed by atoms with van der Waals surface area (Å²) in [6, 6.07) is 0. The van der Waals surface area contributed by atoms with Crippen LogP contribution >= 0.6 is 0 Å². The molecule has 12 heteroatoms. The molecule has 73 heavy (non-hydrogen) atoms. The Labute approximate surface area is 442 Å². The first-order chi connectivity index (χ1) is 35.6. The van der Waals surface area contributed by atoms with Gasteiger partial charge in [0.1, 0.15) is 18.8 Å². The van der Waals surface area contributed by atoms with Gasteiger partial charge in [0.05, 0.1) is 13.0 Å². The normalized spacial score (nSPS) is 18.8. The van der Waals surface area contributed by atoms with Gasteiger partial charge in [-0.15, -0.1) is 0 Å². The molecule has 1 aliphatic rings. The molecule has 0 aromatic rings. The van der Waals surface area contributed by atoms with Gasteiger partial charge in [0.25, 0.3) is 0 Å². The molecule has 0 aliphatic carbocycles. The molecular weight excluding hydrogens is 925 g/mol. The number of aliphatic carboxylic acids is 1. The highest BCUT2D eigenvalue weighted by atomic mass is 16.7. The topological polar surface area (TPSA) is 175 Å². The molecule has 0 saturated carbocycles. The van der Waals surface area contributed by atoms with E-state index < -0.39 is 67.3 Å². The van der Waals surface area contributed by atoms with E-state index in [4.69, 9.17) is 23.7 Å². The van der Waals surface area contributed by atoms with E-state index in [0.29, 0.717) is 19.3 Å². The molecule has 418 valence electrons. The van der Waals surface area contributed by atoms with Crippen molar-refractivity contribution in [1.82, 2.24) is 0 Å². The average Bonchev–Trinajstić information content (AvgIpc) is 3.37. The van der Waals surface area contributed by atoms with Crippen LogP contribution in [0.2, 0.25) is 0 Å². The Hall–Kier alpha value is -3.84. The molecule has 0 bridgehead atoms. The van der Waals surface area contributed by atoms with Gasteiger partial charge in [0.2, 0.25) is 0 Å². The molecule has 0 spiro atoms. The molecule has 3 N–H and O–H groups in total. The fourth-order valence-corrected chi connectivity index (χ4v) is 8.38. The van der Waals surface area contributed by atoms with Crippen LogP contribution in [0.15, 0.2) is 72.9 Å². The van der Waals surface area contributed by atoms with Crippen LogP contribution in [0.5, 0.6) is 0 Å². The molecule has 12 nitrogen and oxygen atoms in total.